The quantitative estimate of drug-likeness (QED) is 0.143. The topological polar surface area (TPSA) is 104 Å². The van der Waals surface area contributed by atoms with Crippen LogP contribution in [-0.2, 0) is 13.1 Å². The molecule has 5 N–H and O–H groups in total. The highest BCUT2D eigenvalue weighted by Gasteiger charge is 2.00. The Bertz CT molecular complexity index is 1690. The summed E-state index contributed by atoms with van der Waals surface area (Å²) in [7, 11) is 0. The van der Waals surface area contributed by atoms with E-state index in [4.69, 9.17) is 45.6 Å². The first-order valence-corrected chi connectivity index (χ1v) is 13.7. The van der Waals surface area contributed by atoms with E-state index in [0.29, 0.717) is 23.8 Å². The van der Waals surface area contributed by atoms with Gasteiger partial charge in [-0.2, -0.15) is 0 Å². The number of fused-ring (bicyclic) bond motifs is 2. The van der Waals surface area contributed by atoms with Crippen molar-refractivity contribution < 1.29 is 10.2 Å². The highest BCUT2D eigenvalue weighted by molar-refractivity contribution is 6.31. The third-order valence-corrected chi connectivity index (χ3v) is 6.57. The largest absolute Gasteiger partial charge is 0.508 e. The number of halogens is 3. The van der Waals surface area contributed by atoms with Gasteiger partial charge in [0.1, 0.15) is 22.5 Å². The Morgan fingerprint density at radius 1 is 0.581 bits per heavy atom. The summed E-state index contributed by atoms with van der Waals surface area (Å²) in [6.45, 7) is 1.26. The van der Waals surface area contributed by atoms with Gasteiger partial charge in [-0.15, -0.1) is 0 Å². The number of phenols is 2. The molecule has 0 radical (unpaired) electrons. The summed E-state index contributed by atoms with van der Waals surface area (Å²) in [5, 5.41) is 25.8. The number of benzene rings is 4. The van der Waals surface area contributed by atoms with Crippen LogP contribution in [0.1, 0.15) is 26.0 Å². The molecule has 0 spiro atoms. The van der Waals surface area contributed by atoms with E-state index in [1.54, 1.807) is 36.4 Å². The second-order valence-corrected chi connectivity index (χ2v) is 10.2. The molecule has 0 fully saturated rings. The molecular weight excluding hydrogens is 603 g/mol. The van der Waals surface area contributed by atoms with Gasteiger partial charge in [-0.1, -0.05) is 73.9 Å². The Balaban J connectivity index is 0.000000241. The Kier molecular flexibility index (Phi) is 14.0. The van der Waals surface area contributed by atoms with Gasteiger partial charge in [0.05, 0.1) is 11.0 Å². The summed E-state index contributed by atoms with van der Waals surface area (Å²) >= 11 is 17.2. The molecule has 6 nitrogen and oxygen atoms in total. The zero-order valence-corrected chi connectivity index (χ0v) is 24.1. The molecule has 0 saturated heterocycles. The number of pyridine rings is 2. The zero-order chi connectivity index (χ0) is 29.2. The maximum Gasteiger partial charge on any atom is 0.129 e. The lowest BCUT2D eigenvalue weighted by atomic mass is 10.2. The van der Waals surface area contributed by atoms with Crippen LogP contribution in [0.15, 0.2) is 109 Å². The van der Waals surface area contributed by atoms with E-state index < -0.39 is 0 Å². The lowest BCUT2D eigenvalue weighted by molar-refractivity contribution is 0.475. The molecule has 2 aromatic heterocycles. The minimum Gasteiger partial charge on any atom is -0.508 e. The van der Waals surface area contributed by atoms with Gasteiger partial charge >= 0.3 is 0 Å². The number of anilines is 1. The molecule has 43 heavy (non-hydrogen) atoms. The first-order valence-electron chi connectivity index (χ1n) is 12.6. The maximum absolute atomic E-state index is 9.48. The monoisotopic (exact) mass is 636 g/mol. The van der Waals surface area contributed by atoms with Crippen LogP contribution in [0.3, 0.4) is 0 Å². The summed E-state index contributed by atoms with van der Waals surface area (Å²) in [6, 6.07) is 32.9. The van der Waals surface area contributed by atoms with Gasteiger partial charge < -0.3 is 21.3 Å². The van der Waals surface area contributed by atoms with Gasteiger partial charge in [0.2, 0.25) is 0 Å². The van der Waals surface area contributed by atoms with Gasteiger partial charge in [-0.05, 0) is 83.9 Å². The number of hydrogen-bond donors (Lipinski definition) is 4. The van der Waals surface area contributed by atoms with Crippen LogP contribution in [0.4, 0.5) is 5.82 Å². The number of phenolic OH excluding ortho intramolecular Hbond substituents is 2. The highest BCUT2D eigenvalue weighted by Crippen LogP contribution is 2.21. The third kappa shape index (κ3) is 10.9. The van der Waals surface area contributed by atoms with Gasteiger partial charge in [-0.3, -0.25) is 0 Å². The first kappa shape index (κ1) is 35.1. The van der Waals surface area contributed by atoms with Crippen molar-refractivity contribution in [2.24, 2.45) is 5.73 Å². The molecule has 0 saturated carbocycles. The molecule has 0 amide bonds. The summed E-state index contributed by atoms with van der Waals surface area (Å²) in [5.74, 6) is 1.20. The summed E-state index contributed by atoms with van der Waals surface area (Å²) in [5.41, 5.74) is 9.08. The van der Waals surface area contributed by atoms with Crippen molar-refractivity contribution in [1.82, 2.24) is 9.97 Å². The number of nitrogens with one attached hydrogen (secondary N) is 1. The minimum atomic E-state index is 0. The molecule has 0 aliphatic rings. The molecule has 9 heteroatoms. The van der Waals surface area contributed by atoms with E-state index in [9.17, 15) is 5.11 Å². The van der Waals surface area contributed by atoms with Gasteiger partial charge in [0.25, 0.3) is 0 Å². The summed E-state index contributed by atoms with van der Waals surface area (Å²) < 4.78 is 0. The van der Waals surface area contributed by atoms with Crippen molar-refractivity contribution in [3.63, 3.8) is 0 Å². The predicted octanol–water partition coefficient (Wildman–Crippen LogP) is 9.87. The van der Waals surface area contributed by atoms with E-state index in [2.05, 4.69) is 15.3 Å². The van der Waals surface area contributed by atoms with Crippen molar-refractivity contribution in [3.8, 4) is 11.5 Å². The number of nitrogens with zero attached hydrogens (tertiary/aromatic N) is 2. The average molecular weight is 638 g/mol. The molecule has 0 bridgehead atoms. The number of hydrogen-bond acceptors (Lipinski definition) is 6. The number of aromatic nitrogens is 2. The van der Waals surface area contributed by atoms with Crippen LogP contribution in [-0.4, -0.2) is 20.2 Å². The van der Waals surface area contributed by atoms with Crippen LogP contribution < -0.4 is 11.1 Å². The molecule has 0 aliphatic carbocycles. The Hall–Kier alpha value is -4.07. The van der Waals surface area contributed by atoms with Crippen molar-refractivity contribution >= 4 is 62.4 Å². The van der Waals surface area contributed by atoms with Crippen LogP contribution in [0, 0.1) is 0 Å². The molecular formula is C34H35Cl3N4O2. The zero-order valence-electron chi connectivity index (χ0n) is 21.8. The molecule has 0 atom stereocenters. The second kappa shape index (κ2) is 17.1. The fourth-order valence-electron chi connectivity index (χ4n) is 3.70. The number of rotatable bonds is 4. The Morgan fingerprint density at radius 3 is 1.58 bits per heavy atom. The molecule has 6 rings (SSSR count). The van der Waals surface area contributed by atoms with E-state index in [-0.39, 0.29) is 26.4 Å². The summed E-state index contributed by atoms with van der Waals surface area (Å²) in [6.07, 6.45) is 0. The lowest BCUT2D eigenvalue weighted by Crippen LogP contribution is -2.01. The second-order valence-electron chi connectivity index (χ2n) is 8.90. The Morgan fingerprint density at radius 2 is 1.05 bits per heavy atom. The van der Waals surface area contributed by atoms with Crippen molar-refractivity contribution in [2.45, 2.75) is 27.9 Å². The van der Waals surface area contributed by atoms with Crippen molar-refractivity contribution in [1.29, 1.82) is 0 Å². The lowest BCUT2D eigenvalue weighted by Gasteiger charge is -2.07. The van der Waals surface area contributed by atoms with Crippen LogP contribution in [0.2, 0.25) is 15.2 Å². The molecule has 224 valence electrons. The number of aromatic hydroxyl groups is 2. The molecule has 0 aliphatic heterocycles. The van der Waals surface area contributed by atoms with Gasteiger partial charge in [0.15, 0.2) is 0 Å². The van der Waals surface area contributed by atoms with Gasteiger partial charge in [0, 0.05) is 46.0 Å². The van der Waals surface area contributed by atoms with E-state index in [1.165, 1.54) is 0 Å². The van der Waals surface area contributed by atoms with E-state index >= 15 is 0 Å². The fraction of sp³-hybridized carbons (Fsp3) is 0.118. The van der Waals surface area contributed by atoms with Crippen molar-refractivity contribution in [2.75, 3.05) is 5.32 Å². The SMILES string of the molecule is C.C.NCc1ccc(Cl)cc1.Oc1ccc2ccc(Cl)nc2c1.Oc1ccc2ccc(NCc3ccc(Cl)cc3)nc2c1. The molecule has 2 heterocycles. The normalized spacial score (nSPS) is 9.86. The number of nitrogens with two attached hydrogens (primary N) is 1. The van der Waals surface area contributed by atoms with Crippen LogP contribution in [0.5, 0.6) is 11.5 Å². The first-order chi connectivity index (χ1) is 19.8. The summed E-state index contributed by atoms with van der Waals surface area (Å²) in [4.78, 5) is 8.51. The molecule has 6 aromatic rings. The third-order valence-electron chi connectivity index (χ3n) is 5.85. The minimum absolute atomic E-state index is 0. The fourth-order valence-corrected chi connectivity index (χ4v) is 4.11. The average Bonchev–Trinajstić information content (AvgIpc) is 2.97. The molecule has 0 unspecified atom stereocenters. The van der Waals surface area contributed by atoms with Gasteiger partial charge in [-0.25, -0.2) is 9.97 Å². The van der Waals surface area contributed by atoms with E-state index in [1.807, 2.05) is 72.8 Å². The smallest absolute Gasteiger partial charge is 0.129 e. The van der Waals surface area contributed by atoms with Crippen molar-refractivity contribution in [3.05, 3.63) is 136 Å². The predicted molar refractivity (Wildman–Crippen MR) is 183 cm³/mol. The van der Waals surface area contributed by atoms with E-state index in [0.717, 1.165) is 43.3 Å². The highest BCUT2D eigenvalue weighted by atomic mass is 35.5. The Labute approximate surface area is 267 Å². The van der Waals surface area contributed by atoms with Crippen LogP contribution in [0.25, 0.3) is 21.8 Å². The standard InChI is InChI=1S/C16H13ClN2O.C9H6ClNO.C7H8ClN.2CH4/c17-13-5-1-11(2-6-13)10-18-16-8-4-12-3-7-14(20)9-15(12)19-16;10-9-4-2-6-1-3-7(12)5-8(6)11-9;8-7-3-1-6(5-9)2-4-7;;/h1-9,20H,10H2,(H,18,19);1-5,12H;1-4H,5,9H2;2*1H4. The maximum atomic E-state index is 9.48. The van der Waals surface area contributed by atoms with Crippen LogP contribution >= 0.6 is 34.8 Å². The molecule has 4 aromatic carbocycles.